The zero-order valence-electron chi connectivity index (χ0n) is 10.6. The molecule has 1 nitrogen and oxygen atoms in total. The van der Waals surface area contributed by atoms with Crippen LogP contribution < -0.4 is 5.32 Å². The average molecular weight is 326 g/mol. The summed E-state index contributed by atoms with van der Waals surface area (Å²) >= 11 is 5.31. The summed E-state index contributed by atoms with van der Waals surface area (Å²) in [5.74, 6) is 0. The molecule has 0 spiro atoms. The van der Waals surface area contributed by atoms with Gasteiger partial charge in [0.2, 0.25) is 0 Å². The molecule has 0 aliphatic carbocycles. The third-order valence-corrected chi connectivity index (χ3v) is 4.69. The van der Waals surface area contributed by atoms with Gasteiger partial charge in [-0.15, -0.1) is 11.3 Å². The molecule has 2 rings (SSSR count). The molecule has 1 aromatic heterocycles. The molecule has 0 fully saturated rings. The minimum Gasteiger partial charge on any atom is -0.313 e. The maximum absolute atomic E-state index is 3.55. The van der Waals surface area contributed by atoms with Crippen LogP contribution in [0, 0.1) is 0 Å². The first kappa shape index (κ1) is 14.0. The fourth-order valence-electron chi connectivity index (χ4n) is 2.09. The van der Waals surface area contributed by atoms with Crippen LogP contribution in [0.5, 0.6) is 0 Å². The molecule has 3 heteroatoms. The molecule has 0 bridgehead atoms. The van der Waals surface area contributed by atoms with Gasteiger partial charge < -0.3 is 5.32 Å². The Hall–Kier alpha value is -0.380. The van der Waals surface area contributed by atoms with Crippen LogP contribution in [0.3, 0.4) is 0 Å². The zero-order chi connectivity index (χ0) is 12.6. The summed E-state index contributed by atoms with van der Waals surface area (Å²) in [5, 5.41) is 8.38. The number of fused-ring (bicyclic) bond motifs is 1. The first-order chi connectivity index (χ1) is 8.92. The molecule has 1 N–H and O–H groups in total. The third-order valence-electron chi connectivity index (χ3n) is 3.11. The van der Waals surface area contributed by atoms with Gasteiger partial charge in [0.1, 0.15) is 0 Å². The van der Waals surface area contributed by atoms with E-state index in [1.165, 1.54) is 41.3 Å². The molecular weight excluding hydrogens is 306 g/mol. The Morgan fingerprint density at radius 1 is 1.06 bits per heavy atom. The normalized spacial score (nSPS) is 11.2. The molecule has 0 amide bonds. The van der Waals surface area contributed by atoms with E-state index in [-0.39, 0.29) is 0 Å². The highest BCUT2D eigenvalue weighted by Crippen LogP contribution is 2.25. The first-order valence-corrected chi connectivity index (χ1v) is 8.63. The van der Waals surface area contributed by atoms with Gasteiger partial charge in [0.05, 0.1) is 0 Å². The SMILES string of the molecule is BrCCCCCCNCc1csc2ccccc12. The summed E-state index contributed by atoms with van der Waals surface area (Å²) in [7, 11) is 0. The van der Waals surface area contributed by atoms with Gasteiger partial charge >= 0.3 is 0 Å². The van der Waals surface area contributed by atoms with Crippen molar-refractivity contribution in [2.24, 2.45) is 0 Å². The molecule has 0 atom stereocenters. The van der Waals surface area contributed by atoms with Crippen LogP contribution in [-0.2, 0) is 6.54 Å². The fourth-order valence-corrected chi connectivity index (χ4v) is 3.45. The Morgan fingerprint density at radius 2 is 1.89 bits per heavy atom. The molecule has 0 radical (unpaired) electrons. The van der Waals surface area contributed by atoms with E-state index in [0.29, 0.717) is 0 Å². The maximum Gasteiger partial charge on any atom is 0.0346 e. The largest absolute Gasteiger partial charge is 0.313 e. The van der Waals surface area contributed by atoms with Gasteiger partial charge in [-0.25, -0.2) is 0 Å². The van der Waals surface area contributed by atoms with Crippen LogP contribution in [0.2, 0.25) is 0 Å². The fraction of sp³-hybridized carbons (Fsp3) is 0.467. The second-order valence-electron chi connectivity index (χ2n) is 4.54. The number of benzene rings is 1. The Bertz CT molecular complexity index is 466. The lowest BCUT2D eigenvalue weighted by Crippen LogP contribution is -2.14. The van der Waals surface area contributed by atoms with Crippen LogP contribution in [-0.4, -0.2) is 11.9 Å². The van der Waals surface area contributed by atoms with Crippen LogP contribution in [0.1, 0.15) is 31.2 Å². The Kier molecular flexibility index (Phi) is 6.18. The van der Waals surface area contributed by atoms with E-state index in [0.717, 1.165) is 18.4 Å². The van der Waals surface area contributed by atoms with Gasteiger partial charge in [0.15, 0.2) is 0 Å². The van der Waals surface area contributed by atoms with Crippen molar-refractivity contribution in [3.8, 4) is 0 Å². The lowest BCUT2D eigenvalue weighted by molar-refractivity contribution is 0.601. The molecular formula is C15H20BrNS. The van der Waals surface area contributed by atoms with E-state index in [2.05, 4.69) is 50.9 Å². The van der Waals surface area contributed by atoms with Gasteiger partial charge in [-0.3, -0.25) is 0 Å². The van der Waals surface area contributed by atoms with Gasteiger partial charge in [-0.05, 0) is 41.8 Å². The lowest BCUT2D eigenvalue weighted by Gasteiger charge is -2.04. The number of nitrogens with one attached hydrogen (secondary N) is 1. The van der Waals surface area contributed by atoms with E-state index in [1.807, 2.05) is 11.3 Å². The lowest BCUT2D eigenvalue weighted by atomic mass is 10.1. The highest BCUT2D eigenvalue weighted by Gasteiger charge is 2.01. The number of thiophene rings is 1. The van der Waals surface area contributed by atoms with Gasteiger partial charge in [-0.2, -0.15) is 0 Å². The molecule has 0 saturated heterocycles. The van der Waals surface area contributed by atoms with Crippen molar-refractivity contribution in [2.45, 2.75) is 32.2 Å². The Balaban J connectivity index is 1.70. The topological polar surface area (TPSA) is 12.0 Å². The summed E-state index contributed by atoms with van der Waals surface area (Å²) in [6.07, 6.45) is 5.27. The average Bonchev–Trinajstić information content (AvgIpc) is 2.81. The van der Waals surface area contributed by atoms with Gasteiger partial charge in [-0.1, -0.05) is 47.0 Å². The minimum absolute atomic E-state index is 1.00. The van der Waals surface area contributed by atoms with Crippen molar-refractivity contribution >= 4 is 37.4 Å². The predicted molar refractivity (Wildman–Crippen MR) is 85.8 cm³/mol. The molecule has 98 valence electrons. The molecule has 2 aromatic rings. The summed E-state index contributed by atoms with van der Waals surface area (Å²) in [5.41, 5.74) is 1.44. The highest BCUT2D eigenvalue weighted by atomic mass is 79.9. The molecule has 0 aliphatic rings. The van der Waals surface area contributed by atoms with E-state index >= 15 is 0 Å². The Labute approximate surface area is 122 Å². The second-order valence-corrected chi connectivity index (χ2v) is 6.24. The number of halogens is 1. The number of unbranched alkanes of at least 4 members (excludes halogenated alkanes) is 3. The van der Waals surface area contributed by atoms with Crippen molar-refractivity contribution in [1.29, 1.82) is 0 Å². The van der Waals surface area contributed by atoms with Crippen molar-refractivity contribution in [3.63, 3.8) is 0 Å². The molecule has 18 heavy (non-hydrogen) atoms. The van der Waals surface area contributed by atoms with Crippen molar-refractivity contribution in [2.75, 3.05) is 11.9 Å². The first-order valence-electron chi connectivity index (χ1n) is 6.63. The monoisotopic (exact) mass is 325 g/mol. The smallest absolute Gasteiger partial charge is 0.0346 e. The number of alkyl halides is 1. The molecule has 0 saturated carbocycles. The third kappa shape index (κ3) is 4.08. The molecule has 0 unspecified atom stereocenters. The quantitative estimate of drug-likeness (QED) is 0.535. The van der Waals surface area contributed by atoms with Gasteiger partial charge in [0.25, 0.3) is 0 Å². The number of hydrogen-bond donors (Lipinski definition) is 1. The molecule has 1 aromatic carbocycles. The summed E-state index contributed by atoms with van der Waals surface area (Å²) < 4.78 is 1.40. The summed E-state index contributed by atoms with van der Waals surface area (Å²) in [4.78, 5) is 0. The predicted octanol–water partition coefficient (Wildman–Crippen LogP) is 4.95. The molecule has 1 heterocycles. The summed E-state index contributed by atoms with van der Waals surface area (Å²) in [6, 6.07) is 8.65. The zero-order valence-corrected chi connectivity index (χ0v) is 13.0. The molecule has 0 aliphatic heterocycles. The standard InChI is InChI=1S/C15H20BrNS/c16-9-5-1-2-6-10-17-11-13-12-18-15-8-4-3-7-14(13)15/h3-4,7-8,12,17H,1-2,5-6,9-11H2. The van der Waals surface area contributed by atoms with E-state index in [4.69, 9.17) is 0 Å². The number of rotatable bonds is 8. The highest BCUT2D eigenvalue weighted by molar-refractivity contribution is 9.09. The summed E-state index contributed by atoms with van der Waals surface area (Å²) in [6.45, 7) is 2.13. The van der Waals surface area contributed by atoms with E-state index in [9.17, 15) is 0 Å². The van der Waals surface area contributed by atoms with Crippen LogP contribution in [0.4, 0.5) is 0 Å². The second kappa shape index (κ2) is 7.93. The van der Waals surface area contributed by atoms with Crippen LogP contribution >= 0.6 is 27.3 Å². The van der Waals surface area contributed by atoms with Crippen LogP contribution in [0.25, 0.3) is 10.1 Å². The van der Waals surface area contributed by atoms with E-state index < -0.39 is 0 Å². The van der Waals surface area contributed by atoms with E-state index in [1.54, 1.807) is 0 Å². The van der Waals surface area contributed by atoms with Crippen LogP contribution in [0.15, 0.2) is 29.6 Å². The minimum atomic E-state index is 1.00. The maximum atomic E-state index is 3.55. The van der Waals surface area contributed by atoms with Crippen molar-refractivity contribution in [1.82, 2.24) is 5.32 Å². The Morgan fingerprint density at radius 3 is 2.78 bits per heavy atom. The van der Waals surface area contributed by atoms with Gasteiger partial charge in [0, 0.05) is 16.6 Å². The van der Waals surface area contributed by atoms with Crippen molar-refractivity contribution < 1.29 is 0 Å². The number of hydrogen-bond acceptors (Lipinski definition) is 2. The van der Waals surface area contributed by atoms with Crippen molar-refractivity contribution in [3.05, 3.63) is 35.2 Å².